The fourth-order valence-electron chi connectivity index (χ4n) is 4.63. The lowest BCUT2D eigenvalue weighted by Crippen LogP contribution is -2.64. The average Bonchev–Trinajstić information content (AvgIpc) is 3.26. The van der Waals surface area contributed by atoms with Crippen molar-refractivity contribution in [2.45, 2.75) is 55.1 Å². The van der Waals surface area contributed by atoms with Crippen LogP contribution in [-0.4, -0.2) is 69.9 Å². The first kappa shape index (κ1) is 19.2. The van der Waals surface area contributed by atoms with E-state index in [-0.39, 0.29) is 5.60 Å². The van der Waals surface area contributed by atoms with Crippen molar-refractivity contribution in [3.05, 3.63) is 11.8 Å². The van der Waals surface area contributed by atoms with E-state index in [2.05, 4.69) is 14.7 Å². The van der Waals surface area contributed by atoms with Crippen molar-refractivity contribution in [1.29, 1.82) is 0 Å². The lowest BCUT2D eigenvalue weighted by Gasteiger charge is -2.48. The van der Waals surface area contributed by atoms with Gasteiger partial charge in [0.25, 0.3) is 0 Å². The highest BCUT2D eigenvalue weighted by Crippen LogP contribution is 2.40. The number of rotatable bonds is 3. The van der Waals surface area contributed by atoms with Crippen molar-refractivity contribution in [1.82, 2.24) is 19.4 Å². The van der Waals surface area contributed by atoms with Crippen LogP contribution in [0.5, 0.6) is 0 Å². The van der Waals surface area contributed by atoms with Crippen molar-refractivity contribution >= 4 is 11.0 Å². The first-order valence-electron chi connectivity index (χ1n) is 10.7. The Labute approximate surface area is 169 Å². The Morgan fingerprint density at radius 1 is 1.21 bits per heavy atom. The van der Waals surface area contributed by atoms with Gasteiger partial charge in [-0.25, -0.2) is 8.51 Å². The zero-order valence-electron chi connectivity index (χ0n) is 16.8. The third-order valence-corrected chi connectivity index (χ3v) is 8.47. The summed E-state index contributed by atoms with van der Waals surface area (Å²) in [5.41, 5.74) is 1.82. The highest BCUT2D eigenvalue weighted by Gasteiger charge is 2.43. The van der Waals surface area contributed by atoms with E-state index in [1.165, 1.54) is 38.8 Å². The second kappa shape index (κ2) is 7.47. The van der Waals surface area contributed by atoms with Gasteiger partial charge in [0.2, 0.25) is 0 Å². The molecule has 8 heteroatoms. The normalized spacial score (nSPS) is 29.0. The summed E-state index contributed by atoms with van der Waals surface area (Å²) in [5, 5.41) is 8.60. The summed E-state index contributed by atoms with van der Waals surface area (Å²) in [6.45, 7) is 6.99. The van der Waals surface area contributed by atoms with Gasteiger partial charge in [0.15, 0.2) is 0 Å². The first-order chi connectivity index (χ1) is 13.6. The summed E-state index contributed by atoms with van der Waals surface area (Å²) < 4.78 is 27.7. The molecule has 5 fully saturated rings. The molecule has 0 aromatic carbocycles. The van der Waals surface area contributed by atoms with E-state index in [0.717, 1.165) is 56.5 Å². The second-order valence-corrected chi connectivity index (χ2v) is 10.6. The molecule has 7 nitrogen and oxygen atoms in total. The summed E-state index contributed by atoms with van der Waals surface area (Å²) in [6.07, 6.45) is 6.82. The van der Waals surface area contributed by atoms with Crippen LogP contribution < -0.4 is 5.32 Å². The minimum Gasteiger partial charge on any atom is -0.380 e. The molecule has 0 radical (unpaired) electrons. The van der Waals surface area contributed by atoms with Crippen LogP contribution in [-0.2, 0) is 27.5 Å². The molecule has 28 heavy (non-hydrogen) atoms. The van der Waals surface area contributed by atoms with Crippen molar-refractivity contribution in [2.24, 2.45) is 12.5 Å². The molecule has 0 amide bonds. The van der Waals surface area contributed by atoms with Gasteiger partial charge in [-0.05, 0) is 44.6 Å². The first-order valence-corrected chi connectivity index (χ1v) is 11.8. The van der Waals surface area contributed by atoms with Gasteiger partial charge in [-0.3, -0.25) is 4.68 Å². The van der Waals surface area contributed by atoms with E-state index in [9.17, 15) is 4.21 Å². The van der Waals surface area contributed by atoms with Crippen LogP contribution in [0.2, 0.25) is 0 Å². The highest BCUT2D eigenvalue weighted by molar-refractivity contribution is 7.82. The van der Waals surface area contributed by atoms with E-state index in [1.807, 2.05) is 13.1 Å². The van der Waals surface area contributed by atoms with E-state index < -0.39 is 11.0 Å². The number of piperidine rings is 1. The molecule has 0 bridgehead atoms. The number of aromatic nitrogens is 2. The quantitative estimate of drug-likeness (QED) is 0.822. The van der Waals surface area contributed by atoms with Gasteiger partial charge in [0.05, 0.1) is 24.5 Å². The Bertz CT molecular complexity index is 708. The van der Waals surface area contributed by atoms with Crippen molar-refractivity contribution in [3.63, 3.8) is 0 Å². The van der Waals surface area contributed by atoms with Crippen LogP contribution in [0.25, 0.3) is 0 Å². The van der Waals surface area contributed by atoms with E-state index >= 15 is 0 Å². The Hall–Kier alpha value is -0.800. The van der Waals surface area contributed by atoms with Crippen LogP contribution in [0.3, 0.4) is 0 Å². The van der Waals surface area contributed by atoms with Gasteiger partial charge in [-0.15, -0.1) is 0 Å². The topological polar surface area (TPSA) is 68.6 Å². The Morgan fingerprint density at radius 3 is 2.43 bits per heavy atom. The van der Waals surface area contributed by atoms with Crippen LogP contribution in [0.4, 0.5) is 0 Å². The molecule has 1 aliphatic carbocycles. The number of nitrogens with zero attached hydrogens (tertiary/aromatic N) is 3. The zero-order valence-corrected chi connectivity index (χ0v) is 17.6. The van der Waals surface area contributed by atoms with Crippen molar-refractivity contribution < 1.29 is 13.7 Å². The Morgan fingerprint density at radius 2 is 1.96 bits per heavy atom. The lowest BCUT2D eigenvalue weighted by atomic mass is 9.80. The van der Waals surface area contributed by atoms with Gasteiger partial charge in [0, 0.05) is 51.2 Å². The van der Waals surface area contributed by atoms with E-state index in [0.29, 0.717) is 11.3 Å². The molecule has 5 aliphatic rings. The smallest absolute Gasteiger partial charge is 0.146 e. The summed E-state index contributed by atoms with van der Waals surface area (Å²) in [6, 6.07) is 2.05. The van der Waals surface area contributed by atoms with Gasteiger partial charge < -0.3 is 14.8 Å². The van der Waals surface area contributed by atoms with E-state index in [4.69, 9.17) is 9.47 Å². The molecule has 1 aromatic rings. The van der Waals surface area contributed by atoms with Gasteiger partial charge in [-0.1, -0.05) is 0 Å². The summed E-state index contributed by atoms with van der Waals surface area (Å²) in [5.74, 6) is 0.610. The van der Waals surface area contributed by atoms with Crippen LogP contribution in [0, 0.1) is 5.41 Å². The fourth-order valence-corrected chi connectivity index (χ4v) is 5.90. The molecule has 4 aliphatic heterocycles. The van der Waals surface area contributed by atoms with Crippen molar-refractivity contribution in [3.8, 4) is 0 Å². The fraction of sp³-hybridized carbons (Fsp3) is 0.850. The number of nitrogens with one attached hydrogen (secondary N) is 1. The molecule has 156 valence electrons. The van der Waals surface area contributed by atoms with Gasteiger partial charge in [0.1, 0.15) is 16.0 Å². The maximum atomic E-state index is 12.8. The monoisotopic (exact) mass is 408 g/mol. The zero-order chi connectivity index (χ0) is 19.2. The summed E-state index contributed by atoms with van der Waals surface area (Å²) in [4.78, 5) is 0. The molecule has 2 spiro atoms. The third-order valence-electron chi connectivity index (χ3n) is 6.90. The largest absolute Gasteiger partial charge is 0.380 e. The number of ether oxygens (including phenoxy) is 2. The molecule has 1 unspecified atom stereocenters. The van der Waals surface area contributed by atoms with Crippen LogP contribution in [0.15, 0.2) is 11.1 Å². The SMILES string of the molecule is C1NCC12COC2.Cn1nc(C2CC2)cc1S(=O)N1CCC2(CCCO2)CC1. The maximum Gasteiger partial charge on any atom is 0.146 e. The van der Waals surface area contributed by atoms with Crippen LogP contribution >= 0.6 is 0 Å². The molecular formula is C20H32N4O3S. The predicted octanol–water partition coefficient (Wildman–Crippen LogP) is 1.57. The molecule has 1 saturated carbocycles. The molecule has 5 heterocycles. The van der Waals surface area contributed by atoms with Gasteiger partial charge >= 0.3 is 0 Å². The predicted molar refractivity (Wildman–Crippen MR) is 106 cm³/mol. The molecular weight excluding hydrogens is 376 g/mol. The van der Waals surface area contributed by atoms with Crippen molar-refractivity contribution in [2.75, 3.05) is 46.0 Å². The van der Waals surface area contributed by atoms with E-state index in [1.54, 1.807) is 4.68 Å². The Kier molecular flexibility index (Phi) is 5.12. The minimum absolute atomic E-state index is 0.0896. The lowest BCUT2D eigenvalue weighted by molar-refractivity contribution is -0.139. The standard InChI is InChI=1S/C15H23N3O2S.C5H9NO/c1-17-14(11-13(16-17)12-3-4-12)21(19)18-8-6-15(7-9-18)5-2-10-20-15;1-5(2-6-1)3-7-4-5/h11-12H,2-10H2,1H3;6H,1-4H2. The molecule has 4 saturated heterocycles. The molecule has 1 atom stereocenters. The number of aryl methyl sites for hydroxylation is 1. The highest BCUT2D eigenvalue weighted by atomic mass is 32.2. The minimum atomic E-state index is -1.09. The number of hydrogen-bond acceptors (Lipinski definition) is 5. The Balaban J connectivity index is 0.000000203. The molecule has 6 rings (SSSR count). The molecule has 1 N–H and O–H groups in total. The van der Waals surface area contributed by atoms with Gasteiger partial charge in [-0.2, -0.15) is 5.10 Å². The summed E-state index contributed by atoms with van der Waals surface area (Å²) in [7, 11) is 0.819. The second-order valence-electron chi connectivity index (χ2n) is 9.21. The number of hydrogen-bond donors (Lipinski definition) is 1. The molecule has 1 aromatic heterocycles. The van der Waals surface area contributed by atoms with Crippen LogP contribution in [0.1, 0.15) is 50.1 Å². The maximum absolute atomic E-state index is 12.8. The summed E-state index contributed by atoms with van der Waals surface area (Å²) >= 11 is 0. The average molecular weight is 409 g/mol. The third kappa shape index (κ3) is 3.69.